The summed E-state index contributed by atoms with van der Waals surface area (Å²) < 4.78 is 0. The van der Waals surface area contributed by atoms with Gasteiger partial charge in [0, 0.05) is 37.5 Å². The number of thiazole rings is 1. The minimum atomic E-state index is 0.0874. The van der Waals surface area contributed by atoms with Gasteiger partial charge in [0.1, 0.15) is 0 Å². The topological polar surface area (TPSA) is 53.5 Å². The van der Waals surface area contributed by atoms with E-state index in [0.29, 0.717) is 12.3 Å². The highest BCUT2D eigenvalue weighted by Crippen LogP contribution is 2.28. The van der Waals surface area contributed by atoms with Gasteiger partial charge in [0.25, 0.3) is 5.91 Å². The van der Waals surface area contributed by atoms with Gasteiger partial charge in [0.2, 0.25) is 5.91 Å². The van der Waals surface area contributed by atoms with E-state index in [2.05, 4.69) is 29.2 Å². The van der Waals surface area contributed by atoms with Crippen molar-refractivity contribution in [2.45, 2.75) is 45.1 Å². The first kappa shape index (κ1) is 23.6. The number of hydrogen-bond acceptors (Lipinski definition) is 5. The number of carbonyl (C=O) groups excluding carboxylic acids is 2. The molecule has 0 radical (unpaired) electrons. The molecule has 4 rings (SSSR count). The van der Waals surface area contributed by atoms with Gasteiger partial charge in [-0.3, -0.25) is 9.59 Å². The van der Waals surface area contributed by atoms with Gasteiger partial charge in [-0.05, 0) is 55.5 Å². The molecule has 1 aromatic carbocycles. The zero-order valence-electron chi connectivity index (χ0n) is 19.3. The number of carbonyl (C=O) groups is 2. The van der Waals surface area contributed by atoms with E-state index < -0.39 is 0 Å². The molecule has 33 heavy (non-hydrogen) atoms. The van der Waals surface area contributed by atoms with E-state index in [0.717, 1.165) is 49.3 Å². The number of thiophene rings is 1. The maximum atomic E-state index is 13.1. The number of hydrogen-bond donors (Lipinski definition) is 0. The van der Waals surface area contributed by atoms with Crippen LogP contribution in [0.15, 0.2) is 53.4 Å². The Morgan fingerprint density at radius 1 is 1.12 bits per heavy atom. The number of aryl methyl sites for hydroxylation is 2. The summed E-state index contributed by atoms with van der Waals surface area (Å²) in [4.78, 5) is 36.2. The lowest BCUT2D eigenvalue weighted by molar-refractivity contribution is -0.132. The van der Waals surface area contributed by atoms with Crippen LogP contribution in [0.25, 0.3) is 0 Å². The Morgan fingerprint density at radius 2 is 1.88 bits per heavy atom. The van der Waals surface area contributed by atoms with Crippen molar-refractivity contribution in [2.75, 3.05) is 20.1 Å². The third-order valence-corrected chi connectivity index (χ3v) is 8.54. The highest BCUT2D eigenvalue weighted by atomic mass is 32.1. The fourth-order valence-corrected chi connectivity index (χ4v) is 6.17. The Morgan fingerprint density at radius 3 is 2.52 bits per heavy atom. The average molecular weight is 482 g/mol. The van der Waals surface area contributed by atoms with Gasteiger partial charge >= 0.3 is 0 Å². The molecular formula is C26H31N3O2S2. The van der Waals surface area contributed by atoms with E-state index in [1.54, 1.807) is 11.3 Å². The van der Waals surface area contributed by atoms with Crippen LogP contribution in [-0.4, -0.2) is 52.8 Å². The summed E-state index contributed by atoms with van der Waals surface area (Å²) in [6, 6.07) is 14.3. The van der Waals surface area contributed by atoms with Crippen molar-refractivity contribution in [2.24, 2.45) is 5.92 Å². The normalized spacial score (nSPS) is 15.4. The van der Waals surface area contributed by atoms with E-state index in [1.165, 1.54) is 21.8 Å². The van der Waals surface area contributed by atoms with Gasteiger partial charge in [0.05, 0.1) is 16.1 Å². The van der Waals surface area contributed by atoms with E-state index in [-0.39, 0.29) is 17.9 Å². The molecular weight excluding hydrogens is 450 g/mol. The maximum absolute atomic E-state index is 13.1. The molecule has 1 aliphatic rings. The second-order valence-corrected chi connectivity index (χ2v) is 10.6. The largest absolute Gasteiger partial charge is 0.343 e. The van der Waals surface area contributed by atoms with Crippen LogP contribution < -0.4 is 0 Å². The molecule has 0 unspecified atom stereocenters. The predicted octanol–water partition coefficient (Wildman–Crippen LogP) is 5.07. The highest BCUT2D eigenvalue weighted by Gasteiger charge is 2.33. The molecule has 1 aliphatic heterocycles. The van der Waals surface area contributed by atoms with Gasteiger partial charge in [0.15, 0.2) is 0 Å². The van der Waals surface area contributed by atoms with Crippen LogP contribution in [0.2, 0.25) is 0 Å². The zero-order chi connectivity index (χ0) is 23.2. The van der Waals surface area contributed by atoms with Crippen LogP contribution in [0.4, 0.5) is 0 Å². The minimum Gasteiger partial charge on any atom is -0.343 e. The summed E-state index contributed by atoms with van der Waals surface area (Å²) in [7, 11) is 1.94. The number of benzene rings is 1. The van der Waals surface area contributed by atoms with Crippen molar-refractivity contribution in [1.82, 2.24) is 14.8 Å². The van der Waals surface area contributed by atoms with Crippen molar-refractivity contribution >= 4 is 34.5 Å². The molecule has 0 bridgehead atoms. The number of piperidine rings is 1. The molecule has 3 aromatic rings. The quantitative estimate of drug-likeness (QED) is 0.451. The van der Waals surface area contributed by atoms with E-state index >= 15 is 0 Å². The van der Waals surface area contributed by atoms with E-state index in [9.17, 15) is 9.59 Å². The summed E-state index contributed by atoms with van der Waals surface area (Å²) in [6.07, 6.45) is 3.98. The Hall–Kier alpha value is -2.51. The van der Waals surface area contributed by atoms with Crippen molar-refractivity contribution in [3.05, 3.63) is 74.4 Å². The van der Waals surface area contributed by atoms with Gasteiger partial charge in [-0.25, -0.2) is 4.98 Å². The maximum Gasteiger partial charge on any atom is 0.263 e. The van der Waals surface area contributed by atoms with Crippen molar-refractivity contribution < 1.29 is 9.59 Å². The standard InChI is InChI=1S/C26H31N3O2S2/c1-19-23(33-18-27-19)10-11-25(30)29-14-12-21(13-15-29)22(17-20-7-4-3-5-8-20)28(2)26(31)24-9-6-16-32-24/h3-9,16,18,21-22H,10-15,17H2,1-2H3/t22-/m1/s1. The first-order chi connectivity index (χ1) is 16.0. The molecule has 0 aliphatic carbocycles. The third-order valence-electron chi connectivity index (χ3n) is 6.68. The smallest absolute Gasteiger partial charge is 0.263 e. The summed E-state index contributed by atoms with van der Waals surface area (Å²) in [5.74, 6) is 0.681. The number of aromatic nitrogens is 1. The van der Waals surface area contributed by atoms with Gasteiger partial charge in [-0.2, -0.15) is 0 Å². The molecule has 1 fully saturated rings. The summed E-state index contributed by atoms with van der Waals surface area (Å²) in [5, 5.41) is 1.95. The van der Waals surface area contributed by atoms with Gasteiger partial charge < -0.3 is 9.80 Å². The third kappa shape index (κ3) is 5.89. The lowest BCUT2D eigenvalue weighted by atomic mass is 9.84. The van der Waals surface area contributed by atoms with Crippen LogP contribution in [0.5, 0.6) is 0 Å². The zero-order valence-corrected chi connectivity index (χ0v) is 20.9. The predicted molar refractivity (Wildman–Crippen MR) is 135 cm³/mol. The SMILES string of the molecule is Cc1ncsc1CCC(=O)N1CCC([C@@H](Cc2ccccc2)N(C)C(=O)c2cccs2)CC1. The van der Waals surface area contributed by atoms with Gasteiger partial charge in [-0.15, -0.1) is 22.7 Å². The Balaban J connectivity index is 1.39. The number of likely N-dealkylation sites (tertiary alicyclic amines) is 1. The summed E-state index contributed by atoms with van der Waals surface area (Å²) in [6.45, 7) is 3.53. The van der Waals surface area contributed by atoms with Crippen LogP contribution in [0.1, 0.15) is 45.1 Å². The fourth-order valence-electron chi connectivity index (χ4n) is 4.68. The summed E-state index contributed by atoms with van der Waals surface area (Å²) >= 11 is 3.12. The van der Waals surface area contributed by atoms with E-state index in [1.807, 2.05) is 52.9 Å². The summed E-state index contributed by atoms with van der Waals surface area (Å²) in [5.41, 5.74) is 4.13. The molecule has 1 atom stereocenters. The molecule has 2 amide bonds. The second-order valence-electron chi connectivity index (χ2n) is 8.73. The first-order valence-corrected chi connectivity index (χ1v) is 13.3. The monoisotopic (exact) mass is 481 g/mol. The van der Waals surface area contributed by atoms with Crippen LogP contribution >= 0.6 is 22.7 Å². The Bertz CT molecular complexity index is 1040. The lowest BCUT2D eigenvalue weighted by Gasteiger charge is -2.40. The lowest BCUT2D eigenvalue weighted by Crippen LogP contribution is -2.48. The first-order valence-electron chi connectivity index (χ1n) is 11.5. The molecule has 1 saturated heterocycles. The minimum absolute atomic E-state index is 0.0874. The van der Waals surface area contributed by atoms with Crippen molar-refractivity contribution in [3.8, 4) is 0 Å². The molecule has 7 heteroatoms. The van der Waals surface area contributed by atoms with Crippen LogP contribution in [0, 0.1) is 12.8 Å². The molecule has 0 N–H and O–H groups in total. The molecule has 3 heterocycles. The Kier molecular flexibility index (Phi) is 7.93. The number of amides is 2. The van der Waals surface area contributed by atoms with E-state index in [4.69, 9.17) is 0 Å². The number of nitrogens with zero attached hydrogens (tertiary/aromatic N) is 3. The molecule has 0 spiro atoms. The van der Waals surface area contributed by atoms with Crippen molar-refractivity contribution in [3.63, 3.8) is 0 Å². The van der Waals surface area contributed by atoms with Crippen LogP contribution in [0.3, 0.4) is 0 Å². The molecule has 174 valence electrons. The second kappa shape index (κ2) is 11.1. The fraction of sp³-hybridized carbons (Fsp3) is 0.423. The number of rotatable bonds is 8. The van der Waals surface area contributed by atoms with Crippen molar-refractivity contribution in [1.29, 1.82) is 0 Å². The highest BCUT2D eigenvalue weighted by molar-refractivity contribution is 7.12. The van der Waals surface area contributed by atoms with Crippen LogP contribution in [-0.2, 0) is 17.6 Å². The Labute approximate surface area is 204 Å². The molecule has 2 aromatic heterocycles. The van der Waals surface area contributed by atoms with Gasteiger partial charge in [-0.1, -0.05) is 36.4 Å². The average Bonchev–Trinajstić information content (AvgIpc) is 3.53. The molecule has 5 nitrogen and oxygen atoms in total. The molecule has 0 saturated carbocycles. The number of likely N-dealkylation sites (N-methyl/N-ethyl adjacent to an activating group) is 1.